The maximum atomic E-state index is 14.5. The molecule has 5 rings (SSSR count). The largest absolute Gasteiger partial charge is 0.370 e. The van der Waals surface area contributed by atoms with E-state index in [0.29, 0.717) is 43.3 Å². The number of amides is 1. The van der Waals surface area contributed by atoms with Crippen LogP contribution >= 0.6 is 0 Å². The molecule has 2 aliphatic heterocycles. The Kier molecular flexibility index (Phi) is 9.81. The first kappa shape index (κ1) is 32.0. The SMILES string of the molecule is C.Cc1cc(C)c(C(=O)N2CCN(c3cccc(F)c3[S@@](C)(=N)=O)CC2)cc1CC1CCN(c2ccccc2C#N)CC1. The molecule has 0 spiro atoms. The zero-order chi connectivity index (χ0) is 30.0. The summed E-state index contributed by atoms with van der Waals surface area (Å²) in [5.74, 6) is -0.126. The van der Waals surface area contributed by atoms with Crippen molar-refractivity contribution < 1.29 is 13.4 Å². The van der Waals surface area contributed by atoms with Crippen LogP contribution in [-0.4, -0.2) is 60.5 Å². The number of anilines is 2. The highest BCUT2D eigenvalue weighted by Crippen LogP contribution is 2.31. The van der Waals surface area contributed by atoms with Crippen LogP contribution in [0.1, 0.15) is 52.9 Å². The molecule has 0 aromatic heterocycles. The summed E-state index contributed by atoms with van der Waals surface area (Å²) in [6, 6.07) is 18.8. The number of carbonyl (C=O) groups excluding carboxylic acids is 1. The van der Waals surface area contributed by atoms with Gasteiger partial charge in [-0.1, -0.05) is 31.7 Å². The van der Waals surface area contributed by atoms with Crippen LogP contribution in [0.3, 0.4) is 0 Å². The van der Waals surface area contributed by atoms with Crippen molar-refractivity contribution in [2.24, 2.45) is 5.92 Å². The van der Waals surface area contributed by atoms with Gasteiger partial charge >= 0.3 is 0 Å². The molecule has 2 heterocycles. The van der Waals surface area contributed by atoms with Gasteiger partial charge < -0.3 is 14.7 Å². The molecule has 0 bridgehead atoms. The molecule has 7 nitrogen and oxygen atoms in total. The third-order valence-electron chi connectivity index (χ3n) is 8.64. The lowest BCUT2D eigenvalue weighted by Crippen LogP contribution is -2.49. The third kappa shape index (κ3) is 6.86. The smallest absolute Gasteiger partial charge is 0.254 e. The van der Waals surface area contributed by atoms with Gasteiger partial charge in [0.05, 0.1) is 26.7 Å². The molecule has 0 aliphatic carbocycles. The molecule has 3 aromatic carbocycles. The van der Waals surface area contributed by atoms with E-state index in [0.717, 1.165) is 49.2 Å². The topological polar surface area (TPSA) is 91.5 Å². The average Bonchev–Trinajstić information content (AvgIpc) is 2.98. The standard InChI is InChI=1S/C33H38FN5O2S.CH4/c1-23-19-24(2)28(21-27(23)20-25-11-13-37(14-12-25)30-9-5-4-7-26(30)22-35)33(40)39-17-15-38(16-18-39)31-10-6-8-29(34)32(31)42(3,36)41;/h4-10,19,21,25,36H,11-18,20H2,1-3H3;1H4/t42-;/m0./s1. The summed E-state index contributed by atoms with van der Waals surface area (Å²) < 4.78 is 35.0. The van der Waals surface area contributed by atoms with Gasteiger partial charge in [0.2, 0.25) is 0 Å². The van der Waals surface area contributed by atoms with E-state index in [1.807, 2.05) is 41.0 Å². The van der Waals surface area contributed by atoms with Crippen molar-refractivity contribution in [2.75, 3.05) is 55.3 Å². The molecule has 0 unspecified atom stereocenters. The third-order valence-corrected chi connectivity index (χ3v) is 9.83. The van der Waals surface area contributed by atoms with Crippen LogP contribution in [0.5, 0.6) is 0 Å². The van der Waals surface area contributed by atoms with E-state index >= 15 is 0 Å². The molecule has 1 atom stereocenters. The number of carbonyl (C=O) groups is 1. The number of nitrogens with zero attached hydrogens (tertiary/aromatic N) is 4. The van der Waals surface area contributed by atoms with E-state index in [9.17, 15) is 18.7 Å². The Hall–Kier alpha value is -3.90. The molecule has 2 aliphatic rings. The molecule has 2 fully saturated rings. The fourth-order valence-corrected chi connectivity index (χ4v) is 7.37. The van der Waals surface area contributed by atoms with Gasteiger partial charge in [0, 0.05) is 51.1 Å². The molecular formula is C34H42FN5O2S. The predicted octanol–water partition coefficient (Wildman–Crippen LogP) is 6.41. The maximum Gasteiger partial charge on any atom is 0.254 e. The normalized spacial score (nSPS) is 17.1. The van der Waals surface area contributed by atoms with Crippen LogP contribution in [0.25, 0.3) is 0 Å². The van der Waals surface area contributed by atoms with Crippen LogP contribution in [0.2, 0.25) is 0 Å². The number of para-hydroxylation sites is 1. The first-order valence-electron chi connectivity index (χ1n) is 14.5. The molecule has 2 saturated heterocycles. The van der Waals surface area contributed by atoms with Gasteiger partial charge in [0.15, 0.2) is 0 Å². The first-order chi connectivity index (χ1) is 20.1. The summed E-state index contributed by atoms with van der Waals surface area (Å²) in [6.45, 7) is 7.78. The van der Waals surface area contributed by atoms with Crippen molar-refractivity contribution in [3.05, 3.63) is 88.2 Å². The number of aryl methyl sites for hydroxylation is 2. The van der Waals surface area contributed by atoms with E-state index in [1.165, 1.54) is 23.4 Å². The average molecular weight is 604 g/mol. The summed E-state index contributed by atoms with van der Waals surface area (Å²) >= 11 is 0. The van der Waals surface area contributed by atoms with Crippen LogP contribution < -0.4 is 9.80 Å². The molecular weight excluding hydrogens is 561 g/mol. The fraction of sp³-hybridized carbons (Fsp3) is 0.412. The number of rotatable bonds is 6. The second kappa shape index (κ2) is 13.2. The molecule has 0 saturated carbocycles. The van der Waals surface area contributed by atoms with Crippen LogP contribution in [0.4, 0.5) is 15.8 Å². The second-order valence-corrected chi connectivity index (χ2v) is 13.7. The number of hydrogen-bond acceptors (Lipinski definition) is 6. The number of nitrogens with one attached hydrogen (secondary N) is 1. The van der Waals surface area contributed by atoms with Gasteiger partial charge in [-0.25, -0.2) is 13.4 Å². The van der Waals surface area contributed by atoms with Crippen LogP contribution in [-0.2, 0) is 16.1 Å². The summed E-state index contributed by atoms with van der Waals surface area (Å²) in [6.07, 6.45) is 4.22. The number of piperidine rings is 1. The molecule has 1 amide bonds. The van der Waals surface area contributed by atoms with Gasteiger partial charge in [0.1, 0.15) is 16.8 Å². The van der Waals surface area contributed by atoms with Gasteiger partial charge in [-0.15, -0.1) is 0 Å². The summed E-state index contributed by atoms with van der Waals surface area (Å²) in [4.78, 5) is 19.7. The molecule has 0 radical (unpaired) electrons. The molecule has 1 N–H and O–H groups in total. The van der Waals surface area contributed by atoms with E-state index in [2.05, 4.69) is 30.0 Å². The summed E-state index contributed by atoms with van der Waals surface area (Å²) in [5.41, 5.74) is 6.28. The minimum absolute atomic E-state index is 0. The Morgan fingerprint density at radius 2 is 1.58 bits per heavy atom. The molecule has 43 heavy (non-hydrogen) atoms. The Bertz CT molecular complexity index is 1630. The highest BCUT2D eigenvalue weighted by Gasteiger charge is 2.28. The lowest BCUT2D eigenvalue weighted by atomic mass is 9.86. The van der Waals surface area contributed by atoms with Gasteiger partial charge in [-0.05, 0) is 86.1 Å². The first-order valence-corrected chi connectivity index (χ1v) is 16.4. The van der Waals surface area contributed by atoms with Crippen molar-refractivity contribution in [3.8, 4) is 6.07 Å². The second-order valence-electron chi connectivity index (χ2n) is 11.6. The predicted molar refractivity (Wildman–Crippen MR) is 172 cm³/mol. The zero-order valence-electron chi connectivity index (χ0n) is 24.5. The number of halogens is 1. The summed E-state index contributed by atoms with van der Waals surface area (Å²) in [5, 5.41) is 9.49. The van der Waals surface area contributed by atoms with Crippen molar-refractivity contribution in [3.63, 3.8) is 0 Å². The van der Waals surface area contributed by atoms with Crippen LogP contribution in [0.15, 0.2) is 59.5 Å². The van der Waals surface area contributed by atoms with Crippen molar-refractivity contribution in [2.45, 2.75) is 45.4 Å². The Labute approximate surface area is 255 Å². The molecule has 228 valence electrons. The highest BCUT2D eigenvalue weighted by atomic mass is 32.2. The van der Waals surface area contributed by atoms with E-state index in [-0.39, 0.29) is 18.2 Å². The highest BCUT2D eigenvalue weighted by molar-refractivity contribution is 7.91. The molecule has 3 aromatic rings. The lowest BCUT2D eigenvalue weighted by Gasteiger charge is -2.37. The number of benzene rings is 3. The van der Waals surface area contributed by atoms with Gasteiger partial charge in [-0.3, -0.25) is 4.79 Å². The van der Waals surface area contributed by atoms with Crippen molar-refractivity contribution >= 4 is 27.0 Å². The maximum absolute atomic E-state index is 14.5. The van der Waals surface area contributed by atoms with Crippen molar-refractivity contribution in [1.82, 2.24) is 4.90 Å². The van der Waals surface area contributed by atoms with Gasteiger partial charge in [-0.2, -0.15) is 5.26 Å². The zero-order valence-corrected chi connectivity index (χ0v) is 25.3. The monoisotopic (exact) mass is 603 g/mol. The summed E-state index contributed by atoms with van der Waals surface area (Å²) in [7, 11) is -3.25. The number of nitriles is 1. The number of piperazine rings is 1. The van der Waals surface area contributed by atoms with E-state index in [4.69, 9.17) is 4.78 Å². The minimum atomic E-state index is -3.25. The van der Waals surface area contributed by atoms with Crippen molar-refractivity contribution in [1.29, 1.82) is 10.0 Å². The Morgan fingerprint density at radius 3 is 2.23 bits per heavy atom. The quantitative estimate of drug-likeness (QED) is 0.352. The Morgan fingerprint density at radius 1 is 0.953 bits per heavy atom. The molecule has 9 heteroatoms. The lowest BCUT2D eigenvalue weighted by molar-refractivity contribution is 0.0745. The van der Waals surface area contributed by atoms with E-state index < -0.39 is 15.5 Å². The minimum Gasteiger partial charge on any atom is -0.370 e. The van der Waals surface area contributed by atoms with Gasteiger partial charge in [0.25, 0.3) is 5.91 Å². The Balaban J connectivity index is 0.00000423. The van der Waals surface area contributed by atoms with E-state index in [1.54, 1.807) is 12.1 Å². The van der Waals surface area contributed by atoms with Crippen LogP contribution in [0, 0.1) is 41.7 Å². The number of hydrogen-bond donors (Lipinski definition) is 1. The fourth-order valence-electron chi connectivity index (χ4n) is 6.33.